The van der Waals surface area contributed by atoms with E-state index in [4.69, 9.17) is 0 Å². The molecule has 1 saturated heterocycles. The molecule has 7 nitrogen and oxygen atoms in total. The van der Waals surface area contributed by atoms with Gasteiger partial charge in [-0.2, -0.15) is 0 Å². The maximum absolute atomic E-state index is 12.4. The van der Waals surface area contributed by atoms with Crippen LogP contribution in [0.2, 0.25) is 0 Å². The van der Waals surface area contributed by atoms with Crippen LogP contribution in [-0.4, -0.2) is 77.1 Å². The highest BCUT2D eigenvalue weighted by atomic mass is 16.3. The minimum Gasteiger partial charge on any atom is -0.390 e. The van der Waals surface area contributed by atoms with Crippen LogP contribution in [0.25, 0.3) is 0 Å². The van der Waals surface area contributed by atoms with Crippen LogP contribution >= 0.6 is 0 Å². The van der Waals surface area contributed by atoms with Crippen LogP contribution in [-0.2, 0) is 0 Å². The third-order valence-corrected chi connectivity index (χ3v) is 5.31. The SMILES string of the molecule is Cc1cccc(N2CCN(CC(O)CN3C(=O)c4ccccc4C3=O)CC2)n1. The molecule has 2 aliphatic rings. The fourth-order valence-electron chi connectivity index (χ4n) is 3.84. The quantitative estimate of drug-likeness (QED) is 0.785. The number of aliphatic hydroxyl groups excluding tert-OH is 1. The summed E-state index contributed by atoms with van der Waals surface area (Å²) in [5.74, 6) is 0.330. The van der Waals surface area contributed by atoms with Crippen molar-refractivity contribution < 1.29 is 14.7 Å². The van der Waals surface area contributed by atoms with E-state index < -0.39 is 6.10 Å². The number of benzene rings is 1. The smallest absolute Gasteiger partial charge is 0.261 e. The molecule has 0 aliphatic carbocycles. The Balaban J connectivity index is 1.30. The van der Waals surface area contributed by atoms with Gasteiger partial charge in [0.1, 0.15) is 5.82 Å². The lowest BCUT2D eigenvalue weighted by Gasteiger charge is -2.36. The van der Waals surface area contributed by atoms with Crippen molar-refractivity contribution in [3.05, 3.63) is 59.3 Å². The summed E-state index contributed by atoms with van der Waals surface area (Å²) >= 11 is 0. The van der Waals surface area contributed by atoms with Crippen LogP contribution in [0.5, 0.6) is 0 Å². The number of carbonyl (C=O) groups excluding carboxylic acids is 2. The summed E-state index contributed by atoms with van der Waals surface area (Å²) in [5.41, 5.74) is 1.83. The largest absolute Gasteiger partial charge is 0.390 e. The van der Waals surface area contributed by atoms with E-state index in [2.05, 4.69) is 14.8 Å². The van der Waals surface area contributed by atoms with Crippen LogP contribution in [0, 0.1) is 6.92 Å². The molecule has 1 N–H and O–H groups in total. The third kappa shape index (κ3) is 3.63. The zero-order valence-electron chi connectivity index (χ0n) is 15.9. The van der Waals surface area contributed by atoms with Crippen molar-refractivity contribution in [2.24, 2.45) is 0 Å². The molecular formula is C21H24N4O3. The number of piperazine rings is 1. The van der Waals surface area contributed by atoms with Crippen LogP contribution in [0.1, 0.15) is 26.4 Å². The van der Waals surface area contributed by atoms with E-state index in [9.17, 15) is 14.7 Å². The Morgan fingerprint density at radius 2 is 1.57 bits per heavy atom. The molecule has 7 heteroatoms. The Kier molecular flexibility index (Phi) is 5.11. The van der Waals surface area contributed by atoms with Gasteiger partial charge >= 0.3 is 0 Å². The van der Waals surface area contributed by atoms with E-state index in [1.165, 1.54) is 0 Å². The zero-order valence-corrected chi connectivity index (χ0v) is 15.9. The number of pyridine rings is 1. The number of hydrogen-bond donors (Lipinski definition) is 1. The fourth-order valence-corrected chi connectivity index (χ4v) is 3.84. The maximum atomic E-state index is 12.4. The first-order valence-electron chi connectivity index (χ1n) is 9.57. The predicted molar refractivity (Wildman–Crippen MR) is 105 cm³/mol. The van der Waals surface area contributed by atoms with Crippen molar-refractivity contribution in [3.63, 3.8) is 0 Å². The minimum atomic E-state index is -0.772. The van der Waals surface area contributed by atoms with Gasteiger partial charge in [-0.25, -0.2) is 4.98 Å². The van der Waals surface area contributed by atoms with E-state index in [1.807, 2.05) is 25.1 Å². The summed E-state index contributed by atoms with van der Waals surface area (Å²) in [4.78, 5) is 35.0. The first-order valence-corrected chi connectivity index (χ1v) is 9.57. The molecule has 0 spiro atoms. The number of hydrogen-bond acceptors (Lipinski definition) is 6. The number of anilines is 1. The molecule has 3 heterocycles. The monoisotopic (exact) mass is 380 g/mol. The van der Waals surface area contributed by atoms with E-state index in [-0.39, 0.29) is 18.4 Å². The lowest BCUT2D eigenvalue weighted by atomic mass is 10.1. The van der Waals surface area contributed by atoms with E-state index in [0.29, 0.717) is 17.7 Å². The van der Waals surface area contributed by atoms with Crippen LogP contribution in [0.4, 0.5) is 5.82 Å². The van der Waals surface area contributed by atoms with Crippen molar-refractivity contribution in [1.82, 2.24) is 14.8 Å². The van der Waals surface area contributed by atoms with Gasteiger partial charge in [0.25, 0.3) is 11.8 Å². The van der Waals surface area contributed by atoms with Gasteiger partial charge in [-0.3, -0.25) is 19.4 Å². The predicted octanol–water partition coefficient (Wildman–Crippen LogP) is 1.17. The molecule has 0 bridgehead atoms. The number of aromatic nitrogens is 1. The van der Waals surface area contributed by atoms with Crippen molar-refractivity contribution in [2.45, 2.75) is 13.0 Å². The Bertz CT molecular complexity index is 858. The Morgan fingerprint density at radius 1 is 0.929 bits per heavy atom. The molecule has 1 aromatic carbocycles. The Labute approximate surface area is 164 Å². The third-order valence-electron chi connectivity index (χ3n) is 5.31. The summed E-state index contributed by atoms with van der Waals surface area (Å²) in [7, 11) is 0. The number of aliphatic hydroxyl groups is 1. The highest BCUT2D eigenvalue weighted by Gasteiger charge is 2.36. The van der Waals surface area contributed by atoms with Gasteiger partial charge in [-0.15, -0.1) is 0 Å². The van der Waals surface area contributed by atoms with Gasteiger partial charge in [-0.05, 0) is 31.2 Å². The second kappa shape index (κ2) is 7.69. The lowest BCUT2D eigenvalue weighted by molar-refractivity contribution is 0.0469. The molecule has 1 aromatic heterocycles. The standard InChI is InChI=1S/C21H24N4O3/c1-15-5-4-8-19(22-15)24-11-9-23(10-12-24)13-16(26)14-25-20(27)17-6-2-3-7-18(17)21(25)28/h2-8,16,26H,9-14H2,1H3. The molecule has 146 valence electrons. The van der Waals surface area contributed by atoms with Gasteiger partial charge in [0.15, 0.2) is 0 Å². The number of fused-ring (bicyclic) bond motifs is 1. The molecule has 0 saturated carbocycles. The number of rotatable bonds is 5. The molecule has 2 amide bonds. The number of amides is 2. The minimum absolute atomic E-state index is 0.0198. The van der Waals surface area contributed by atoms with Crippen molar-refractivity contribution in [1.29, 1.82) is 0 Å². The number of imide groups is 1. The topological polar surface area (TPSA) is 77.0 Å². The summed E-state index contributed by atoms with van der Waals surface area (Å²) in [6, 6.07) is 12.8. The normalized spacial score (nSPS) is 18.5. The van der Waals surface area contributed by atoms with Gasteiger partial charge in [0.2, 0.25) is 0 Å². The highest BCUT2D eigenvalue weighted by Crippen LogP contribution is 2.22. The van der Waals surface area contributed by atoms with Crippen molar-refractivity contribution >= 4 is 17.6 Å². The highest BCUT2D eigenvalue weighted by molar-refractivity contribution is 6.21. The van der Waals surface area contributed by atoms with Gasteiger partial charge in [0, 0.05) is 38.4 Å². The van der Waals surface area contributed by atoms with Crippen molar-refractivity contribution in [3.8, 4) is 0 Å². The van der Waals surface area contributed by atoms with Crippen LogP contribution in [0.3, 0.4) is 0 Å². The number of carbonyl (C=O) groups is 2. The van der Waals surface area contributed by atoms with Crippen LogP contribution < -0.4 is 4.90 Å². The van der Waals surface area contributed by atoms with Gasteiger partial charge in [0.05, 0.1) is 23.8 Å². The molecule has 2 aromatic rings. The molecule has 28 heavy (non-hydrogen) atoms. The van der Waals surface area contributed by atoms with Crippen LogP contribution in [0.15, 0.2) is 42.5 Å². The summed E-state index contributed by atoms with van der Waals surface area (Å²) in [6.07, 6.45) is -0.772. The average molecular weight is 380 g/mol. The first kappa shape index (κ1) is 18.6. The number of aryl methyl sites for hydroxylation is 1. The maximum Gasteiger partial charge on any atom is 0.261 e. The summed E-state index contributed by atoms with van der Waals surface area (Å²) < 4.78 is 0. The second-order valence-corrected chi connectivity index (χ2v) is 7.35. The van der Waals surface area contributed by atoms with Crippen molar-refractivity contribution in [2.75, 3.05) is 44.2 Å². The molecule has 0 radical (unpaired) electrons. The van der Waals surface area contributed by atoms with Gasteiger partial charge < -0.3 is 10.0 Å². The average Bonchev–Trinajstić information content (AvgIpc) is 2.94. The summed E-state index contributed by atoms with van der Waals surface area (Å²) in [6.45, 7) is 5.69. The summed E-state index contributed by atoms with van der Waals surface area (Å²) in [5, 5.41) is 10.5. The molecule has 1 fully saturated rings. The van der Waals surface area contributed by atoms with E-state index in [0.717, 1.165) is 42.6 Å². The molecule has 2 aliphatic heterocycles. The fraction of sp³-hybridized carbons (Fsp3) is 0.381. The molecular weight excluding hydrogens is 356 g/mol. The van der Waals surface area contributed by atoms with E-state index >= 15 is 0 Å². The zero-order chi connectivity index (χ0) is 19.7. The number of β-amino-alcohol motifs (C(OH)–C–C–N with tert-alkyl or cyclic N) is 1. The molecule has 1 unspecified atom stereocenters. The lowest BCUT2D eigenvalue weighted by Crippen LogP contribution is -2.50. The first-order chi connectivity index (χ1) is 13.5. The molecule has 1 atom stereocenters. The number of nitrogens with zero attached hydrogens (tertiary/aromatic N) is 4. The Morgan fingerprint density at radius 3 is 2.18 bits per heavy atom. The Hall–Kier alpha value is -2.77. The van der Waals surface area contributed by atoms with Gasteiger partial charge in [-0.1, -0.05) is 18.2 Å². The van der Waals surface area contributed by atoms with E-state index in [1.54, 1.807) is 24.3 Å². The molecule has 4 rings (SSSR count). The second-order valence-electron chi connectivity index (χ2n) is 7.35.